The van der Waals surface area contributed by atoms with Crippen LogP contribution in [0.25, 0.3) is 81.2 Å². The van der Waals surface area contributed by atoms with Crippen LogP contribution in [0, 0.1) is 0 Å². The Morgan fingerprint density at radius 3 is 1.80 bits per heavy atom. The van der Waals surface area contributed by atoms with Gasteiger partial charge in [0, 0.05) is 19.9 Å². The van der Waals surface area contributed by atoms with E-state index < -0.39 is 0 Å². The van der Waals surface area contributed by atoms with E-state index in [0.29, 0.717) is 0 Å². The zero-order chi connectivity index (χ0) is 29.6. The van der Waals surface area contributed by atoms with Crippen LogP contribution in [0.5, 0.6) is 0 Å². The molecule has 0 N–H and O–H groups in total. The van der Waals surface area contributed by atoms with Crippen molar-refractivity contribution in [2.45, 2.75) is 9.79 Å². The van der Waals surface area contributed by atoms with Crippen molar-refractivity contribution in [1.29, 1.82) is 0 Å². The molecule has 3 heterocycles. The van der Waals surface area contributed by atoms with Gasteiger partial charge in [-0.3, -0.25) is 9.36 Å². The maximum atomic E-state index is 13.7. The van der Waals surface area contributed by atoms with Gasteiger partial charge in [-0.05, 0) is 96.3 Å². The van der Waals surface area contributed by atoms with Crippen molar-refractivity contribution < 1.29 is 0 Å². The second-order valence-corrected chi connectivity index (χ2v) is 13.7. The molecule has 0 radical (unpaired) electrons. The summed E-state index contributed by atoms with van der Waals surface area (Å²) < 4.78 is 3.00. The minimum atomic E-state index is 0.0547. The first-order valence-electron chi connectivity index (χ1n) is 15.0. The van der Waals surface area contributed by atoms with Crippen LogP contribution in [0.2, 0.25) is 0 Å². The Bertz CT molecular complexity index is 2730. The van der Waals surface area contributed by atoms with Crippen LogP contribution in [0.15, 0.2) is 153 Å². The monoisotopic (exact) mass is 609 g/mol. The van der Waals surface area contributed by atoms with Gasteiger partial charge < -0.3 is 0 Å². The Labute approximate surface area is 266 Å². The van der Waals surface area contributed by atoms with Gasteiger partial charge in [-0.15, -0.1) is 11.3 Å². The number of rotatable bonds is 2. The highest BCUT2D eigenvalue weighted by Gasteiger charge is 2.23. The minimum Gasteiger partial charge on any atom is -0.274 e. The number of para-hydroxylation sites is 1. The van der Waals surface area contributed by atoms with Crippen molar-refractivity contribution >= 4 is 76.4 Å². The van der Waals surface area contributed by atoms with Crippen molar-refractivity contribution in [1.82, 2.24) is 4.57 Å². The molecule has 1 aliphatic heterocycles. The quantitative estimate of drug-likeness (QED) is 0.182. The molecule has 0 spiro atoms. The Morgan fingerprint density at radius 2 is 1.04 bits per heavy atom. The summed E-state index contributed by atoms with van der Waals surface area (Å²) in [4.78, 5) is 16.0. The summed E-state index contributed by atoms with van der Waals surface area (Å²) in [6, 6.07) is 48.0. The summed E-state index contributed by atoms with van der Waals surface area (Å²) in [5, 5.41) is 11.6. The first-order chi connectivity index (χ1) is 22.2. The molecule has 10 rings (SSSR count). The Kier molecular flexibility index (Phi) is 5.27. The van der Waals surface area contributed by atoms with Gasteiger partial charge in [-0.25, -0.2) is 0 Å². The number of fused-ring (bicyclic) bond motifs is 10. The van der Waals surface area contributed by atoms with E-state index in [1.807, 2.05) is 16.0 Å². The van der Waals surface area contributed by atoms with Crippen LogP contribution in [0.4, 0.5) is 0 Å². The molecule has 0 saturated heterocycles. The molecular weight excluding hydrogens is 587 g/mol. The number of benzene rings is 7. The average molecular weight is 610 g/mol. The maximum Gasteiger partial charge on any atom is 0.264 e. The molecule has 210 valence electrons. The van der Waals surface area contributed by atoms with Crippen molar-refractivity contribution in [2.75, 3.05) is 0 Å². The molecule has 2 nitrogen and oxygen atoms in total. The average Bonchev–Trinajstić information content (AvgIpc) is 3.61. The van der Waals surface area contributed by atoms with E-state index in [2.05, 4.69) is 127 Å². The molecule has 7 aromatic carbocycles. The third-order valence-corrected chi connectivity index (χ3v) is 11.3. The molecule has 0 amide bonds. The summed E-state index contributed by atoms with van der Waals surface area (Å²) in [5.74, 6) is 0. The normalized spacial score (nSPS) is 12.4. The van der Waals surface area contributed by atoms with Gasteiger partial charge in [0.2, 0.25) is 0 Å². The SMILES string of the molecule is O=c1c2ccsc2c2cccc3c2n1-c1ccc(-c2cccc(-c4ccc5c6ccccc6c6ccccc6c5c4)c2)cc1S3. The molecule has 4 heteroatoms. The Morgan fingerprint density at radius 1 is 0.444 bits per heavy atom. The number of aromatic nitrogens is 1. The van der Waals surface area contributed by atoms with Gasteiger partial charge in [-0.2, -0.15) is 0 Å². The molecule has 0 saturated carbocycles. The second-order valence-electron chi connectivity index (χ2n) is 11.7. The molecule has 0 unspecified atom stereocenters. The van der Waals surface area contributed by atoms with Gasteiger partial charge in [-0.1, -0.05) is 109 Å². The highest BCUT2D eigenvalue weighted by atomic mass is 32.2. The van der Waals surface area contributed by atoms with Gasteiger partial charge >= 0.3 is 0 Å². The van der Waals surface area contributed by atoms with Crippen LogP contribution in [0.1, 0.15) is 0 Å². The molecule has 0 aliphatic carbocycles. The Balaban J connectivity index is 1.12. The smallest absolute Gasteiger partial charge is 0.264 e. The van der Waals surface area contributed by atoms with E-state index in [1.165, 1.54) is 43.4 Å². The van der Waals surface area contributed by atoms with Crippen molar-refractivity contribution in [3.8, 4) is 27.9 Å². The van der Waals surface area contributed by atoms with Crippen LogP contribution in [-0.4, -0.2) is 4.57 Å². The number of nitrogens with zero attached hydrogens (tertiary/aromatic N) is 1. The third-order valence-electron chi connectivity index (χ3n) is 9.26. The number of hydrogen-bond donors (Lipinski definition) is 0. The first kappa shape index (κ1) is 25.2. The molecule has 1 aliphatic rings. The summed E-state index contributed by atoms with van der Waals surface area (Å²) in [6.07, 6.45) is 0. The second kappa shape index (κ2) is 9.42. The lowest BCUT2D eigenvalue weighted by Crippen LogP contribution is -2.21. The largest absolute Gasteiger partial charge is 0.274 e. The van der Waals surface area contributed by atoms with E-state index in [0.717, 1.165) is 47.6 Å². The summed E-state index contributed by atoms with van der Waals surface area (Å²) in [6.45, 7) is 0. The van der Waals surface area contributed by atoms with Gasteiger partial charge in [0.25, 0.3) is 5.56 Å². The van der Waals surface area contributed by atoms with Crippen LogP contribution in [-0.2, 0) is 0 Å². The van der Waals surface area contributed by atoms with Crippen LogP contribution < -0.4 is 5.56 Å². The summed E-state index contributed by atoms with van der Waals surface area (Å²) >= 11 is 3.39. The number of pyridine rings is 1. The van der Waals surface area contributed by atoms with E-state index in [9.17, 15) is 4.79 Å². The van der Waals surface area contributed by atoms with Crippen molar-refractivity contribution in [3.05, 3.63) is 149 Å². The molecular formula is C41H23NOS2. The maximum absolute atomic E-state index is 13.7. The van der Waals surface area contributed by atoms with Gasteiger partial charge in [0.15, 0.2) is 0 Å². The fourth-order valence-corrected chi connectivity index (χ4v) is 9.25. The predicted molar refractivity (Wildman–Crippen MR) is 192 cm³/mol. The lowest BCUT2D eigenvalue weighted by Gasteiger charge is -2.23. The van der Waals surface area contributed by atoms with Crippen LogP contribution >= 0.6 is 23.1 Å². The van der Waals surface area contributed by atoms with E-state index >= 15 is 0 Å². The Hall–Kier alpha value is -5.16. The zero-order valence-corrected chi connectivity index (χ0v) is 25.6. The molecule has 0 fully saturated rings. The third kappa shape index (κ3) is 3.61. The molecule has 0 atom stereocenters. The topological polar surface area (TPSA) is 22.0 Å². The van der Waals surface area contributed by atoms with Gasteiger partial charge in [0.1, 0.15) is 0 Å². The molecule has 45 heavy (non-hydrogen) atoms. The molecule has 2 aromatic heterocycles. The van der Waals surface area contributed by atoms with E-state index in [4.69, 9.17) is 0 Å². The predicted octanol–water partition coefficient (Wildman–Crippen LogP) is 11.5. The van der Waals surface area contributed by atoms with Gasteiger partial charge in [0.05, 0.1) is 16.6 Å². The first-order valence-corrected chi connectivity index (χ1v) is 16.7. The lowest BCUT2D eigenvalue weighted by molar-refractivity contribution is 1.00. The minimum absolute atomic E-state index is 0.0547. The van der Waals surface area contributed by atoms with Crippen LogP contribution in [0.3, 0.4) is 0 Å². The molecule has 9 aromatic rings. The van der Waals surface area contributed by atoms with E-state index in [1.54, 1.807) is 23.1 Å². The summed E-state index contributed by atoms with van der Waals surface area (Å²) in [7, 11) is 0. The highest BCUT2D eigenvalue weighted by molar-refractivity contribution is 7.99. The van der Waals surface area contributed by atoms with E-state index in [-0.39, 0.29) is 5.56 Å². The van der Waals surface area contributed by atoms with Crippen molar-refractivity contribution in [3.63, 3.8) is 0 Å². The highest BCUT2D eigenvalue weighted by Crippen LogP contribution is 2.45. The molecule has 0 bridgehead atoms. The lowest BCUT2D eigenvalue weighted by atomic mass is 9.91. The van der Waals surface area contributed by atoms with Crippen molar-refractivity contribution in [2.24, 2.45) is 0 Å². The number of thiophene rings is 1. The fourth-order valence-electron chi connectivity index (χ4n) is 7.20. The summed E-state index contributed by atoms with van der Waals surface area (Å²) in [5.41, 5.74) is 6.70. The number of hydrogen-bond acceptors (Lipinski definition) is 3. The standard InChI is InChI=1S/C41H23NOS2/c43-41-34-19-20-44-40(34)33-13-6-14-37-39(33)42(41)36-18-16-27(23-38(36)45-37)25-8-5-7-24(21-25)26-15-17-32-30-11-2-1-9-28(30)29-10-3-4-12-31(29)35(32)22-26/h1-23H. The fraction of sp³-hybridized carbons (Fsp3) is 0. The zero-order valence-electron chi connectivity index (χ0n) is 24.0.